The number of rotatable bonds is 4. The van der Waals surface area contributed by atoms with E-state index in [0.29, 0.717) is 40.1 Å². The molecule has 1 saturated heterocycles. The van der Waals surface area contributed by atoms with Crippen LogP contribution < -0.4 is 10.3 Å². The Bertz CT molecular complexity index is 1000. The summed E-state index contributed by atoms with van der Waals surface area (Å²) >= 11 is 0.807. The zero-order valence-electron chi connectivity index (χ0n) is 18.3. The van der Waals surface area contributed by atoms with Crippen molar-refractivity contribution in [1.29, 1.82) is 0 Å². The molecule has 0 radical (unpaired) electrons. The number of ether oxygens (including phenoxy) is 1. The van der Waals surface area contributed by atoms with E-state index in [1.54, 1.807) is 6.07 Å². The number of halogens is 1. The summed E-state index contributed by atoms with van der Waals surface area (Å²) in [4.78, 5) is 15.0. The highest BCUT2D eigenvalue weighted by Crippen LogP contribution is 2.28. The van der Waals surface area contributed by atoms with Crippen molar-refractivity contribution < 1.29 is 13.7 Å². The smallest absolute Gasteiger partial charge is 0.200 e. The quantitative estimate of drug-likeness (QED) is 0.247. The molecule has 0 bridgehead atoms. The lowest BCUT2D eigenvalue weighted by atomic mass is 10.0. The zero-order chi connectivity index (χ0) is 22.2. The van der Waals surface area contributed by atoms with E-state index in [-0.39, 0.29) is 17.6 Å². The number of alkyl halides is 1. The highest BCUT2D eigenvalue weighted by molar-refractivity contribution is 14.1. The van der Waals surface area contributed by atoms with Crippen LogP contribution in [-0.4, -0.2) is 44.7 Å². The van der Waals surface area contributed by atoms with E-state index >= 15 is 0 Å². The molecule has 8 heteroatoms. The van der Waals surface area contributed by atoms with Gasteiger partial charge in [0.15, 0.2) is 11.3 Å². The number of anilines is 1. The largest absolute Gasteiger partial charge is 0.591 e. The second kappa shape index (κ2) is 9.18. The molecule has 3 atom stereocenters. The molecule has 1 aliphatic rings. The molecule has 0 amide bonds. The van der Waals surface area contributed by atoms with Crippen molar-refractivity contribution in [2.45, 2.75) is 58.5 Å². The Kier molecular flexibility index (Phi) is 7.21. The third-order valence-electron chi connectivity index (χ3n) is 4.85. The molecule has 0 N–H and O–H groups in total. The van der Waals surface area contributed by atoms with Gasteiger partial charge >= 0.3 is 0 Å². The number of benzene rings is 1. The van der Waals surface area contributed by atoms with Gasteiger partial charge < -0.3 is 18.6 Å². The molecule has 1 aromatic carbocycles. The Morgan fingerprint density at radius 1 is 1.27 bits per heavy atom. The Morgan fingerprint density at radius 2 is 1.90 bits per heavy atom. The summed E-state index contributed by atoms with van der Waals surface area (Å²) < 4.78 is 29.4. The first-order chi connectivity index (χ1) is 14.0. The van der Waals surface area contributed by atoms with E-state index in [0.717, 1.165) is 11.1 Å². The third-order valence-corrected chi connectivity index (χ3v) is 7.00. The average molecular weight is 544 g/mol. The summed E-state index contributed by atoms with van der Waals surface area (Å²) in [5, 5.41) is 0.516. The fraction of sp³-hybridized carbons (Fsp3) is 0.545. The number of nitrogens with zero attached hydrogens (tertiary/aromatic N) is 2. The zero-order valence-corrected chi connectivity index (χ0v) is 21.3. The van der Waals surface area contributed by atoms with Crippen molar-refractivity contribution >= 4 is 56.5 Å². The maximum Gasteiger partial charge on any atom is 0.200 e. The van der Waals surface area contributed by atoms with Gasteiger partial charge in [-0.15, -0.1) is 0 Å². The van der Waals surface area contributed by atoms with Gasteiger partial charge in [-0.25, -0.2) is 0 Å². The highest BCUT2D eigenvalue weighted by Gasteiger charge is 2.29. The molecule has 2 aromatic rings. The van der Waals surface area contributed by atoms with Crippen LogP contribution in [0.5, 0.6) is 0 Å². The second-order valence-electron chi connectivity index (χ2n) is 8.83. The number of aryl methyl sites for hydroxylation is 1. The summed E-state index contributed by atoms with van der Waals surface area (Å²) in [6.45, 7) is 13.0. The minimum absolute atomic E-state index is 0.0490. The van der Waals surface area contributed by atoms with Gasteiger partial charge in [-0.05, 0) is 59.2 Å². The third kappa shape index (κ3) is 5.20. The fourth-order valence-electron chi connectivity index (χ4n) is 3.50. The van der Waals surface area contributed by atoms with E-state index in [1.165, 1.54) is 0 Å². The SMILES string of the molecule is Cc1cc(/C(CI)=N\[S+]([O-])C(C)(C)C)c2oc(N3C[C@@H](C)O[C@@H](C)C3)cc(=O)c2c1. The molecule has 1 aliphatic heterocycles. The first kappa shape index (κ1) is 23.6. The number of morpholine rings is 1. The summed E-state index contributed by atoms with van der Waals surface area (Å²) in [5.41, 5.74) is 2.74. The van der Waals surface area contributed by atoms with Crippen molar-refractivity contribution in [2.24, 2.45) is 4.40 Å². The van der Waals surface area contributed by atoms with Gasteiger partial charge in [0.25, 0.3) is 0 Å². The van der Waals surface area contributed by atoms with Gasteiger partial charge in [0.1, 0.15) is 27.4 Å². The Labute approximate surface area is 194 Å². The van der Waals surface area contributed by atoms with Crippen molar-refractivity contribution in [1.82, 2.24) is 0 Å². The second-order valence-corrected chi connectivity index (χ2v) is 11.5. The van der Waals surface area contributed by atoms with E-state index in [2.05, 4.69) is 31.9 Å². The number of hydrogen-bond acceptors (Lipinski definition) is 6. The first-order valence-electron chi connectivity index (χ1n) is 10.0. The van der Waals surface area contributed by atoms with Crippen molar-refractivity contribution in [2.75, 3.05) is 22.4 Å². The molecule has 1 unspecified atom stereocenters. The topological polar surface area (TPSA) is 78.1 Å². The molecule has 0 aliphatic carbocycles. The van der Waals surface area contributed by atoms with Crippen LogP contribution in [0.4, 0.5) is 5.88 Å². The Balaban J connectivity index is 2.18. The molecular formula is C22H29IN2O4S. The van der Waals surface area contributed by atoms with Crippen LogP contribution in [-0.2, 0) is 16.1 Å². The molecule has 6 nitrogen and oxygen atoms in total. The Morgan fingerprint density at radius 3 is 2.47 bits per heavy atom. The lowest BCUT2D eigenvalue weighted by Gasteiger charge is -2.35. The van der Waals surface area contributed by atoms with Crippen LogP contribution in [0.15, 0.2) is 31.8 Å². The minimum Gasteiger partial charge on any atom is -0.591 e. The summed E-state index contributed by atoms with van der Waals surface area (Å²) in [6.07, 6.45) is 0.0980. The average Bonchev–Trinajstić information content (AvgIpc) is 2.64. The van der Waals surface area contributed by atoms with Crippen LogP contribution >= 0.6 is 22.6 Å². The van der Waals surface area contributed by atoms with Gasteiger partial charge in [-0.3, -0.25) is 4.79 Å². The monoisotopic (exact) mass is 544 g/mol. The number of hydrogen-bond donors (Lipinski definition) is 0. The molecule has 0 spiro atoms. The highest BCUT2D eigenvalue weighted by atomic mass is 127. The molecule has 0 saturated carbocycles. The normalized spacial score (nSPS) is 21.9. The minimum atomic E-state index is -1.41. The van der Waals surface area contributed by atoms with E-state index in [9.17, 15) is 9.35 Å². The summed E-state index contributed by atoms with van der Waals surface area (Å²) in [7, 11) is 0. The summed E-state index contributed by atoms with van der Waals surface area (Å²) in [5.74, 6) is 0.532. The van der Waals surface area contributed by atoms with Gasteiger partial charge in [-0.2, -0.15) is 0 Å². The van der Waals surface area contributed by atoms with E-state index in [4.69, 9.17) is 9.15 Å². The van der Waals surface area contributed by atoms with Crippen molar-refractivity contribution in [3.05, 3.63) is 39.5 Å². The molecule has 3 rings (SSSR count). The van der Waals surface area contributed by atoms with Gasteiger partial charge in [0.05, 0.1) is 17.6 Å². The van der Waals surface area contributed by atoms with Crippen LogP contribution in [0.2, 0.25) is 0 Å². The van der Waals surface area contributed by atoms with Crippen molar-refractivity contribution in [3.8, 4) is 0 Å². The van der Waals surface area contributed by atoms with Gasteiger partial charge in [0.2, 0.25) is 0 Å². The molecule has 30 heavy (non-hydrogen) atoms. The van der Waals surface area contributed by atoms with Crippen molar-refractivity contribution in [3.63, 3.8) is 0 Å². The molecule has 164 valence electrons. The van der Waals surface area contributed by atoms with E-state index in [1.807, 2.05) is 53.7 Å². The maximum absolute atomic E-state index is 13.0. The lowest BCUT2D eigenvalue weighted by Crippen LogP contribution is -2.45. The van der Waals surface area contributed by atoms with Crippen LogP contribution in [0, 0.1) is 6.92 Å². The lowest BCUT2D eigenvalue weighted by molar-refractivity contribution is -0.00638. The van der Waals surface area contributed by atoms with Gasteiger partial charge in [-0.1, -0.05) is 27.0 Å². The molecular weight excluding hydrogens is 515 g/mol. The van der Waals surface area contributed by atoms with Crippen LogP contribution in [0.1, 0.15) is 45.7 Å². The summed E-state index contributed by atoms with van der Waals surface area (Å²) in [6, 6.07) is 5.35. The Hall–Kier alpha value is -1.10. The number of fused-ring (bicyclic) bond motifs is 1. The molecule has 2 heterocycles. The van der Waals surface area contributed by atoms with Gasteiger partial charge in [0, 0.05) is 29.1 Å². The first-order valence-corrected chi connectivity index (χ1v) is 12.7. The predicted octanol–water partition coefficient (Wildman–Crippen LogP) is 4.40. The predicted molar refractivity (Wildman–Crippen MR) is 133 cm³/mol. The maximum atomic E-state index is 13.0. The molecule has 1 aromatic heterocycles. The van der Waals surface area contributed by atoms with Crippen LogP contribution in [0.25, 0.3) is 11.0 Å². The fourth-order valence-corrected chi connectivity index (χ4v) is 4.95. The van der Waals surface area contributed by atoms with E-state index < -0.39 is 16.1 Å². The van der Waals surface area contributed by atoms with Crippen LogP contribution in [0.3, 0.4) is 0 Å². The standard InChI is InChI=1S/C22H29IN2O4S/c1-13-7-16(18(10-23)24-30(27)22(4,5)6)21-17(8-13)19(26)9-20(29-21)25-11-14(2)28-15(3)12-25/h7-9,14-15H,10-12H2,1-6H3/b24-18-/t14-,15+,30?. The molecule has 1 fully saturated rings.